The minimum Gasteiger partial charge on any atom is -0.496 e. The number of rotatable bonds is 9. The molecule has 0 aliphatic rings. The molecule has 0 spiro atoms. The monoisotopic (exact) mass is 356 g/mol. The molecule has 5 heteroatoms. The van der Waals surface area contributed by atoms with E-state index in [0.29, 0.717) is 19.7 Å². The molecule has 1 N–H and O–H groups in total. The van der Waals surface area contributed by atoms with Gasteiger partial charge in [-0.05, 0) is 24.1 Å². The SMILES string of the molecule is COCCNCC(=O)N(C)C(C)c1ccc(-c2ccccc2OC)cc1. The van der Waals surface area contributed by atoms with Crippen molar-refractivity contribution in [2.45, 2.75) is 13.0 Å². The Labute approximate surface area is 155 Å². The number of carbonyl (C=O) groups is 1. The zero-order valence-electron chi connectivity index (χ0n) is 16.0. The molecule has 2 rings (SSSR count). The highest BCUT2D eigenvalue weighted by molar-refractivity contribution is 5.78. The molecule has 0 heterocycles. The van der Waals surface area contributed by atoms with Crippen molar-refractivity contribution in [2.75, 3.05) is 41.0 Å². The summed E-state index contributed by atoms with van der Waals surface area (Å²) in [6.45, 7) is 3.60. The predicted octanol–water partition coefficient (Wildman–Crippen LogP) is 3.12. The Morgan fingerprint density at radius 2 is 1.81 bits per heavy atom. The molecule has 0 aromatic heterocycles. The summed E-state index contributed by atoms with van der Waals surface area (Å²) in [6.07, 6.45) is 0. The Morgan fingerprint density at radius 1 is 1.12 bits per heavy atom. The van der Waals surface area contributed by atoms with E-state index in [9.17, 15) is 4.79 Å². The summed E-state index contributed by atoms with van der Waals surface area (Å²) in [6, 6.07) is 16.2. The second kappa shape index (κ2) is 9.94. The van der Waals surface area contributed by atoms with Crippen molar-refractivity contribution in [3.63, 3.8) is 0 Å². The second-order valence-electron chi connectivity index (χ2n) is 6.17. The number of hydrogen-bond acceptors (Lipinski definition) is 4. The van der Waals surface area contributed by atoms with Crippen molar-refractivity contribution in [3.05, 3.63) is 54.1 Å². The Bertz CT molecular complexity index is 701. The third-order valence-electron chi connectivity index (χ3n) is 4.54. The Balaban J connectivity index is 2.03. The molecule has 1 amide bonds. The van der Waals surface area contributed by atoms with Gasteiger partial charge in [-0.2, -0.15) is 0 Å². The summed E-state index contributed by atoms with van der Waals surface area (Å²) >= 11 is 0. The second-order valence-corrected chi connectivity index (χ2v) is 6.17. The Hall–Kier alpha value is -2.37. The highest BCUT2D eigenvalue weighted by atomic mass is 16.5. The highest BCUT2D eigenvalue weighted by Crippen LogP contribution is 2.30. The van der Waals surface area contributed by atoms with Gasteiger partial charge in [0.2, 0.25) is 5.91 Å². The van der Waals surface area contributed by atoms with Crippen LogP contribution in [0.25, 0.3) is 11.1 Å². The molecule has 0 bridgehead atoms. The smallest absolute Gasteiger partial charge is 0.236 e. The molecule has 0 saturated carbocycles. The van der Waals surface area contributed by atoms with Gasteiger partial charge in [-0.3, -0.25) is 4.79 Å². The van der Waals surface area contributed by atoms with Gasteiger partial charge in [-0.15, -0.1) is 0 Å². The van der Waals surface area contributed by atoms with Crippen molar-refractivity contribution in [1.29, 1.82) is 0 Å². The summed E-state index contributed by atoms with van der Waals surface area (Å²) < 4.78 is 10.4. The lowest BCUT2D eigenvalue weighted by molar-refractivity contribution is -0.130. The molecule has 2 aromatic rings. The first-order valence-electron chi connectivity index (χ1n) is 8.77. The van der Waals surface area contributed by atoms with E-state index < -0.39 is 0 Å². The highest BCUT2D eigenvalue weighted by Gasteiger charge is 2.17. The zero-order valence-corrected chi connectivity index (χ0v) is 16.0. The normalized spacial score (nSPS) is 11.8. The van der Waals surface area contributed by atoms with E-state index in [1.165, 1.54) is 0 Å². The fourth-order valence-electron chi connectivity index (χ4n) is 2.76. The van der Waals surface area contributed by atoms with Gasteiger partial charge in [0.25, 0.3) is 0 Å². The van der Waals surface area contributed by atoms with E-state index in [1.807, 2.05) is 38.2 Å². The lowest BCUT2D eigenvalue weighted by Gasteiger charge is -2.26. The van der Waals surface area contributed by atoms with Gasteiger partial charge in [-0.1, -0.05) is 42.5 Å². The molecule has 26 heavy (non-hydrogen) atoms. The van der Waals surface area contributed by atoms with Gasteiger partial charge in [-0.25, -0.2) is 0 Å². The van der Waals surface area contributed by atoms with Gasteiger partial charge in [0.05, 0.1) is 26.3 Å². The number of nitrogens with one attached hydrogen (secondary N) is 1. The zero-order chi connectivity index (χ0) is 18.9. The van der Waals surface area contributed by atoms with Crippen LogP contribution in [0.1, 0.15) is 18.5 Å². The number of hydrogen-bond donors (Lipinski definition) is 1. The number of para-hydroxylation sites is 1. The first-order valence-corrected chi connectivity index (χ1v) is 8.77. The van der Waals surface area contributed by atoms with Crippen LogP contribution in [-0.2, 0) is 9.53 Å². The fraction of sp³-hybridized carbons (Fsp3) is 0.381. The van der Waals surface area contributed by atoms with Crippen LogP contribution in [0.4, 0.5) is 0 Å². The van der Waals surface area contributed by atoms with Crippen molar-refractivity contribution in [2.24, 2.45) is 0 Å². The van der Waals surface area contributed by atoms with Crippen molar-refractivity contribution in [1.82, 2.24) is 10.2 Å². The average Bonchev–Trinajstić information content (AvgIpc) is 2.70. The fourth-order valence-corrected chi connectivity index (χ4v) is 2.76. The molecule has 2 aromatic carbocycles. The largest absolute Gasteiger partial charge is 0.496 e. The molecule has 0 saturated heterocycles. The maximum atomic E-state index is 12.3. The molecule has 0 fully saturated rings. The van der Waals surface area contributed by atoms with Gasteiger partial charge < -0.3 is 19.7 Å². The summed E-state index contributed by atoms with van der Waals surface area (Å²) in [7, 11) is 5.15. The number of nitrogens with zero attached hydrogens (tertiary/aromatic N) is 1. The number of likely N-dealkylation sites (N-methyl/N-ethyl adjacent to an activating group) is 1. The van der Waals surface area contributed by atoms with E-state index in [2.05, 4.69) is 29.6 Å². The number of benzene rings is 2. The van der Waals surface area contributed by atoms with Gasteiger partial charge in [0.15, 0.2) is 0 Å². The van der Waals surface area contributed by atoms with E-state index in [4.69, 9.17) is 9.47 Å². The van der Waals surface area contributed by atoms with Crippen molar-refractivity contribution < 1.29 is 14.3 Å². The summed E-state index contributed by atoms with van der Waals surface area (Å²) in [4.78, 5) is 14.1. The number of methoxy groups -OCH3 is 2. The van der Waals surface area contributed by atoms with Gasteiger partial charge >= 0.3 is 0 Å². The first-order chi connectivity index (χ1) is 12.6. The Morgan fingerprint density at radius 3 is 2.46 bits per heavy atom. The van der Waals surface area contributed by atoms with Crippen molar-refractivity contribution in [3.8, 4) is 16.9 Å². The lowest BCUT2D eigenvalue weighted by atomic mass is 10.00. The maximum Gasteiger partial charge on any atom is 0.236 e. The molecule has 140 valence electrons. The van der Waals surface area contributed by atoms with Crippen LogP contribution in [0.5, 0.6) is 5.75 Å². The molecule has 1 atom stereocenters. The molecule has 1 unspecified atom stereocenters. The third kappa shape index (κ3) is 5.07. The summed E-state index contributed by atoms with van der Waals surface area (Å²) in [5.74, 6) is 0.908. The molecule has 0 aliphatic heterocycles. The topological polar surface area (TPSA) is 50.8 Å². The van der Waals surface area contributed by atoms with Gasteiger partial charge in [0.1, 0.15) is 5.75 Å². The van der Waals surface area contributed by atoms with Crippen LogP contribution < -0.4 is 10.1 Å². The van der Waals surface area contributed by atoms with Crippen LogP contribution in [0, 0.1) is 0 Å². The lowest BCUT2D eigenvalue weighted by Crippen LogP contribution is -2.38. The molecule has 0 radical (unpaired) electrons. The maximum absolute atomic E-state index is 12.3. The summed E-state index contributed by atoms with van der Waals surface area (Å²) in [5.41, 5.74) is 3.24. The van der Waals surface area contributed by atoms with E-state index in [-0.39, 0.29) is 11.9 Å². The molecule has 5 nitrogen and oxygen atoms in total. The average molecular weight is 356 g/mol. The predicted molar refractivity (Wildman–Crippen MR) is 104 cm³/mol. The minimum absolute atomic E-state index is 0.00144. The number of ether oxygens (including phenoxy) is 2. The van der Waals surface area contributed by atoms with Crippen LogP contribution in [0.2, 0.25) is 0 Å². The van der Waals surface area contributed by atoms with E-state index in [1.54, 1.807) is 19.1 Å². The molecular weight excluding hydrogens is 328 g/mol. The van der Waals surface area contributed by atoms with Crippen LogP contribution >= 0.6 is 0 Å². The van der Waals surface area contributed by atoms with E-state index in [0.717, 1.165) is 22.4 Å². The first kappa shape index (κ1) is 19.9. The number of amides is 1. The Kier molecular flexibility index (Phi) is 7.63. The van der Waals surface area contributed by atoms with Gasteiger partial charge in [0, 0.05) is 26.3 Å². The van der Waals surface area contributed by atoms with Crippen LogP contribution in [0.15, 0.2) is 48.5 Å². The third-order valence-corrected chi connectivity index (χ3v) is 4.54. The molecule has 0 aliphatic carbocycles. The minimum atomic E-state index is -0.00144. The summed E-state index contributed by atoms with van der Waals surface area (Å²) in [5, 5.41) is 3.09. The quantitative estimate of drug-likeness (QED) is 0.702. The standard InChI is InChI=1S/C21H28N2O3/c1-16(23(2)21(24)15-22-13-14-25-3)17-9-11-18(12-10-17)19-7-5-6-8-20(19)26-4/h5-12,16,22H,13-15H2,1-4H3. The van der Waals surface area contributed by atoms with Crippen LogP contribution in [-0.4, -0.2) is 51.8 Å². The van der Waals surface area contributed by atoms with Crippen LogP contribution in [0.3, 0.4) is 0 Å². The van der Waals surface area contributed by atoms with E-state index >= 15 is 0 Å². The molecular formula is C21H28N2O3. The number of carbonyl (C=O) groups excluding carboxylic acids is 1. The van der Waals surface area contributed by atoms with Crippen molar-refractivity contribution >= 4 is 5.91 Å².